The Hall–Kier alpha value is -1.43. The van der Waals surface area contributed by atoms with E-state index in [0.29, 0.717) is 5.92 Å². The van der Waals surface area contributed by atoms with Gasteiger partial charge in [-0.25, -0.2) is 0 Å². The second kappa shape index (κ2) is 5.65. The molecule has 2 aliphatic heterocycles. The normalized spacial score (nSPS) is 28.5. The summed E-state index contributed by atoms with van der Waals surface area (Å²) in [7, 11) is 1.69. The lowest BCUT2D eigenvalue weighted by Gasteiger charge is -2.32. The van der Waals surface area contributed by atoms with Gasteiger partial charge in [-0.2, -0.15) is 0 Å². The molecule has 3 heterocycles. The molecule has 1 aromatic heterocycles. The lowest BCUT2D eigenvalue weighted by Crippen LogP contribution is -2.40. The number of likely N-dealkylation sites (tertiary alicyclic amines) is 1. The number of aromatic nitrogens is 3. The van der Waals surface area contributed by atoms with Gasteiger partial charge in [0.25, 0.3) is 0 Å². The maximum absolute atomic E-state index is 12.4. The van der Waals surface area contributed by atoms with Crippen LogP contribution in [0, 0.1) is 5.92 Å². The first-order valence-electron chi connectivity index (χ1n) is 8.51. The van der Waals surface area contributed by atoms with E-state index in [-0.39, 0.29) is 17.9 Å². The van der Waals surface area contributed by atoms with Gasteiger partial charge in [0.2, 0.25) is 5.91 Å². The smallest absolute Gasteiger partial charge is 0.228 e. The van der Waals surface area contributed by atoms with Crippen LogP contribution in [0.25, 0.3) is 0 Å². The van der Waals surface area contributed by atoms with Crippen molar-refractivity contribution in [1.82, 2.24) is 19.7 Å². The maximum Gasteiger partial charge on any atom is 0.228 e. The number of hydrogen-bond acceptors (Lipinski definition) is 4. The molecule has 1 saturated heterocycles. The zero-order valence-corrected chi connectivity index (χ0v) is 13.2. The Morgan fingerprint density at radius 2 is 2.00 bits per heavy atom. The molecule has 4 rings (SSSR count). The van der Waals surface area contributed by atoms with Crippen LogP contribution in [0.15, 0.2) is 0 Å². The molecule has 2 fully saturated rings. The Bertz CT molecular complexity index is 562. The van der Waals surface area contributed by atoms with Gasteiger partial charge in [0.05, 0.1) is 12.0 Å². The summed E-state index contributed by atoms with van der Waals surface area (Å²) in [5, 5.41) is 8.81. The number of nitrogens with zero attached hydrogens (tertiary/aromatic N) is 4. The van der Waals surface area contributed by atoms with Gasteiger partial charge < -0.3 is 14.2 Å². The van der Waals surface area contributed by atoms with Gasteiger partial charge in [-0.05, 0) is 32.1 Å². The van der Waals surface area contributed by atoms with Crippen LogP contribution in [0.5, 0.6) is 0 Å². The van der Waals surface area contributed by atoms with E-state index in [0.717, 1.165) is 57.0 Å². The first-order valence-corrected chi connectivity index (χ1v) is 8.51. The molecule has 6 heteroatoms. The molecular weight excluding hydrogens is 280 g/mol. The van der Waals surface area contributed by atoms with E-state index in [1.165, 1.54) is 12.8 Å². The molecule has 1 aromatic rings. The fraction of sp³-hybridized carbons (Fsp3) is 0.812. The quantitative estimate of drug-likeness (QED) is 0.846. The van der Waals surface area contributed by atoms with Crippen molar-refractivity contribution < 1.29 is 9.53 Å². The molecule has 0 spiro atoms. The van der Waals surface area contributed by atoms with Crippen LogP contribution >= 0.6 is 0 Å². The molecule has 1 aliphatic carbocycles. The first kappa shape index (κ1) is 14.2. The summed E-state index contributed by atoms with van der Waals surface area (Å²) in [5.41, 5.74) is 0. The molecule has 22 heavy (non-hydrogen) atoms. The Morgan fingerprint density at radius 3 is 2.73 bits per heavy atom. The van der Waals surface area contributed by atoms with E-state index in [1.54, 1.807) is 7.11 Å². The molecule has 0 N–H and O–H groups in total. The predicted molar refractivity (Wildman–Crippen MR) is 80.4 cm³/mol. The molecule has 3 aliphatic rings. The summed E-state index contributed by atoms with van der Waals surface area (Å²) in [5.74, 6) is 3.17. The highest BCUT2D eigenvalue weighted by Crippen LogP contribution is 2.37. The van der Waals surface area contributed by atoms with Crippen molar-refractivity contribution in [2.45, 2.75) is 57.1 Å². The summed E-state index contributed by atoms with van der Waals surface area (Å²) >= 11 is 0. The van der Waals surface area contributed by atoms with Crippen LogP contribution in [0.4, 0.5) is 0 Å². The van der Waals surface area contributed by atoms with Crippen molar-refractivity contribution in [2.75, 3.05) is 20.2 Å². The lowest BCUT2D eigenvalue weighted by molar-refractivity contribution is -0.134. The van der Waals surface area contributed by atoms with E-state index in [9.17, 15) is 4.79 Å². The Balaban J connectivity index is 1.38. The largest absolute Gasteiger partial charge is 0.381 e. The Labute approximate surface area is 130 Å². The summed E-state index contributed by atoms with van der Waals surface area (Å²) in [6, 6.07) is 0. The van der Waals surface area contributed by atoms with Gasteiger partial charge in [0.15, 0.2) is 0 Å². The molecule has 1 amide bonds. The van der Waals surface area contributed by atoms with Crippen LogP contribution in [0.1, 0.15) is 49.7 Å². The minimum Gasteiger partial charge on any atom is -0.381 e. The van der Waals surface area contributed by atoms with Gasteiger partial charge in [-0.3, -0.25) is 4.79 Å². The summed E-state index contributed by atoms with van der Waals surface area (Å²) in [6.07, 6.45) is 6.59. The maximum atomic E-state index is 12.4. The molecule has 6 nitrogen and oxygen atoms in total. The monoisotopic (exact) mass is 304 g/mol. The zero-order chi connectivity index (χ0) is 15.1. The molecule has 0 aromatic carbocycles. The molecule has 120 valence electrons. The number of rotatable bonds is 3. The van der Waals surface area contributed by atoms with Crippen molar-refractivity contribution in [2.24, 2.45) is 5.92 Å². The lowest BCUT2D eigenvalue weighted by atomic mass is 9.95. The average molecular weight is 304 g/mol. The molecule has 1 saturated carbocycles. The summed E-state index contributed by atoms with van der Waals surface area (Å²) < 4.78 is 7.59. The predicted octanol–water partition coefficient (Wildman–Crippen LogP) is 1.36. The van der Waals surface area contributed by atoms with E-state index in [1.807, 2.05) is 4.90 Å². The van der Waals surface area contributed by atoms with Crippen LogP contribution in [0.3, 0.4) is 0 Å². The van der Waals surface area contributed by atoms with Crippen LogP contribution in [-0.4, -0.2) is 51.9 Å². The number of carbonyl (C=O) groups is 1. The number of piperidine rings is 1. The third-order valence-corrected chi connectivity index (χ3v) is 5.41. The van der Waals surface area contributed by atoms with Gasteiger partial charge >= 0.3 is 0 Å². The van der Waals surface area contributed by atoms with Crippen molar-refractivity contribution in [1.29, 1.82) is 0 Å². The van der Waals surface area contributed by atoms with Gasteiger partial charge in [0.1, 0.15) is 11.6 Å². The zero-order valence-electron chi connectivity index (χ0n) is 13.2. The van der Waals surface area contributed by atoms with Crippen LogP contribution in [0.2, 0.25) is 0 Å². The van der Waals surface area contributed by atoms with Crippen LogP contribution in [-0.2, 0) is 22.5 Å². The molecule has 0 radical (unpaired) electrons. The molecule has 0 bridgehead atoms. The number of fused-ring (bicyclic) bond motifs is 1. The van der Waals surface area contributed by atoms with Gasteiger partial charge in [-0.15, -0.1) is 10.2 Å². The van der Waals surface area contributed by atoms with Crippen molar-refractivity contribution >= 4 is 5.91 Å². The number of carbonyl (C=O) groups excluding carboxylic acids is 1. The highest BCUT2D eigenvalue weighted by Gasteiger charge is 2.46. The van der Waals surface area contributed by atoms with E-state index in [2.05, 4.69) is 14.8 Å². The number of hydrogen-bond donors (Lipinski definition) is 0. The Kier molecular flexibility index (Phi) is 3.64. The number of amides is 1. The SMILES string of the molecule is CO[C@@H]1C[C@H]1C(=O)N1CCC(c2nnc3n2CCCC3)CC1. The number of aryl methyl sites for hydroxylation is 1. The van der Waals surface area contributed by atoms with Crippen molar-refractivity contribution in [3.05, 3.63) is 11.6 Å². The Morgan fingerprint density at radius 1 is 1.18 bits per heavy atom. The standard InChI is InChI=1S/C16H24N4O2/c1-22-13-10-12(13)16(21)19-8-5-11(6-9-19)15-18-17-14-4-2-3-7-20(14)15/h11-13H,2-10H2,1H3/t12-,13-/m1/s1. The highest BCUT2D eigenvalue weighted by molar-refractivity contribution is 5.82. The molecule has 2 atom stereocenters. The topological polar surface area (TPSA) is 60.2 Å². The number of methoxy groups -OCH3 is 1. The van der Waals surface area contributed by atoms with Crippen LogP contribution < -0.4 is 0 Å². The summed E-state index contributed by atoms with van der Waals surface area (Å²) in [6.45, 7) is 2.76. The molecular formula is C16H24N4O2. The average Bonchev–Trinajstić information content (AvgIpc) is 3.25. The molecule has 0 unspecified atom stereocenters. The fourth-order valence-electron chi connectivity index (χ4n) is 3.92. The summed E-state index contributed by atoms with van der Waals surface area (Å²) in [4.78, 5) is 14.4. The fourth-order valence-corrected chi connectivity index (χ4v) is 3.92. The minimum atomic E-state index is 0.113. The second-order valence-corrected chi connectivity index (χ2v) is 6.80. The number of ether oxygens (including phenoxy) is 1. The highest BCUT2D eigenvalue weighted by atomic mass is 16.5. The third kappa shape index (κ3) is 2.43. The second-order valence-electron chi connectivity index (χ2n) is 6.80. The third-order valence-electron chi connectivity index (χ3n) is 5.41. The first-order chi connectivity index (χ1) is 10.8. The van der Waals surface area contributed by atoms with Gasteiger partial charge in [0, 0.05) is 39.1 Å². The van der Waals surface area contributed by atoms with Crippen molar-refractivity contribution in [3.8, 4) is 0 Å². The minimum absolute atomic E-state index is 0.113. The van der Waals surface area contributed by atoms with E-state index < -0.39 is 0 Å². The van der Waals surface area contributed by atoms with E-state index >= 15 is 0 Å². The van der Waals surface area contributed by atoms with Gasteiger partial charge in [-0.1, -0.05) is 0 Å². The van der Waals surface area contributed by atoms with E-state index in [4.69, 9.17) is 4.74 Å². The van der Waals surface area contributed by atoms with Crippen molar-refractivity contribution in [3.63, 3.8) is 0 Å².